The third-order valence-corrected chi connectivity index (χ3v) is 4.91. The Kier molecular flexibility index (Phi) is 2.29. The topological polar surface area (TPSA) is 59.9 Å². The Balaban J connectivity index is 2.21. The quantitative estimate of drug-likeness (QED) is 0.735. The third kappa shape index (κ3) is 2.00. The number of sulfone groups is 1. The highest BCUT2D eigenvalue weighted by molar-refractivity contribution is 7.91. The van der Waals surface area contributed by atoms with Gasteiger partial charge in [-0.1, -0.05) is 0 Å². The summed E-state index contributed by atoms with van der Waals surface area (Å²) in [6.45, 7) is 0. The van der Waals surface area contributed by atoms with Crippen LogP contribution >= 0.6 is 23.1 Å². The summed E-state index contributed by atoms with van der Waals surface area (Å²) >= 11 is 6.74. The number of hydrogen-bond acceptors (Lipinski definition) is 5. The standard InChI is InChI=1S/C6H7ClN2O2S2/c7-6-8-5(12-9-6)4-1-2-13(10,11)3-4/h4H,1-3H2. The normalized spacial score (nSPS) is 26.4. The second-order valence-corrected chi connectivity index (χ2v) is 6.35. The van der Waals surface area contributed by atoms with Crippen LogP contribution in [0.25, 0.3) is 0 Å². The van der Waals surface area contributed by atoms with Crippen molar-refractivity contribution in [2.24, 2.45) is 0 Å². The summed E-state index contributed by atoms with van der Waals surface area (Å²) in [6.07, 6.45) is 0.647. The van der Waals surface area contributed by atoms with E-state index in [1.807, 2.05) is 0 Å². The van der Waals surface area contributed by atoms with Gasteiger partial charge in [-0.2, -0.15) is 4.37 Å². The summed E-state index contributed by atoms with van der Waals surface area (Å²) in [7, 11) is -2.84. The lowest BCUT2D eigenvalue weighted by atomic mass is 10.1. The second kappa shape index (κ2) is 3.18. The van der Waals surface area contributed by atoms with Crippen LogP contribution in [0.2, 0.25) is 5.28 Å². The van der Waals surface area contributed by atoms with Crippen molar-refractivity contribution in [1.29, 1.82) is 0 Å². The highest BCUT2D eigenvalue weighted by Crippen LogP contribution is 2.30. The zero-order valence-electron chi connectivity index (χ0n) is 6.60. The summed E-state index contributed by atoms with van der Waals surface area (Å²) in [5.41, 5.74) is 0. The average Bonchev–Trinajstić information content (AvgIpc) is 2.56. The molecule has 1 aromatic heterocycles. The van der Waals surface area contributed by atoms with Crippen LogP contribution in [-0.2, 0) is 9.84 Å². The summed E-state index contributed by atoms with van der Waals surface area (Å²) in [5.74, 6) is 0.461. The van der Waals surface area contributed by atoms with Crippen molar-refractivity contribution >= 4 is 33.0 Å². The van der Waals surface area contributed by atoms with Crippen molar-refractivity contribution in [2.75, 3.05) is 11.5 Å². The van der Waals surface area contributed by atoms with Gasteiger partial charge in [0.15, 0.2) is 9.84 Å². The predicted molar refractivity (Wildman–Crippen MR) is 50.9 cm³/mol. The van der Waals surface area contributed by atoms with E-state index in [1.165, 1.54) is 11.5 Å². The fraction of sp³-hybridized carbons (Fsp3) is 0.667. The molecule has 2 rings (SSSR count). The van der Waals surface area contributed by atoms with Gasteiger partial charge in [-0.25, -0.2) is 13.4 Å². The van der Waals surface area contributed by atoms with Crippen molar-refractivity contribution < 1.29 is 8.42 Å². The molecule has 0 radical (unpaired) electrons. The lowest BCUT2D eigenvalue weighted by Crippen LogP contribution is -2.03. The van der Waals surface area contributed by atoms with E-state index in [9.17, 15) is 8.42 Å². The first-order valence-electron chi connectivity index (χ1n) is 3.76. The molecule has 0 aliphatic carbocycles. The first-order valence-corrected chi connectivity index (χ1v) is 6.74. The molecule has 1 aromatic rings. The van der Waals surface area contributed by atoms with Crippen LogP contribution in [-0.4, -0.2) is 29.3 Å². The highest BCUT2D eigenvalue weighted by atomic mass is 35.5. The summed E-state index contributed by atoms with van der Waals surface area (Å²) in [5, 5.41) is 0.954. The molecule has 1 aliphatic heterocycles. The minimum Gasteiger partial charge on any atom is -0.229 e. The predicted octanol–water partition coefficient (Wildman–Crippen LogP) is 1.09. The Labute approximate surface area is 85.0 Å². The minimum absolute atomic E-state index is 0.00926. The lowest BCUT2D eigenvalue weighted by molar-refractivity contribution is 0.601. The molecule has 4 nitrogen and oxygen atoms in total. The zero-order valence-corrected chi connectivity index (χ0v) is 8.99. The average molecular weight is 239 g/mol. The van der Waals surface area contributed by atoms with Gasteiger partial charge in [0.1, 0.15) is 5.01 Å². The van der Waals surface area contributed by atoms with E-state index in [0.717, 1.165) is 5.01 Å². The Bertz CT molecular complexity index is 414. The Morgan fingerprint density at radius 2 is 2.31 bits per heavy atom. The van der Waals surface area contributed by atoms with Gasteiger partial charge in [0.25, 0.3) is 0 Å². The Morgan fingerprint density at radius 3 is 2.77 bits per heavy atom. The Hall–Kier alpha value is -0.200. The summed E-state index contributed by atoms with van der Waals surface area (Å²) in [6, 6.07) is 0. The molecule has 1 atom stereocenters. The maximum atomic E-state index is 11.1. The molecular formula is C6H7ClN2O2S2. The molecule has 1 saturated heterocycles. The molecule has 1 unspecified atom stereocenters. The van der Waals surface area contributed by atoms with E-state index in [4.69, 9.17) is 11.6 Å². The van der Waals surface area contributed by atoms with Gasteiger partial charge in [0.2, 0.25) is 5.28 Å². The van der Waals surface area contributed by atoms with Gasteiger partial charge in [-0.3, -0.25) is 0 Å². The van der Waals surface area contributed by atoms with Crippen LogP contribution in [0.3, 0.4) is 0 Å². The van der Waals surface area contributed by atoms with E-state index < -0.39 is 9.84 Å². The number of hydrogen-bond donors (Lipinski definition) is 0. The van der Waals surface area contributed by atoms with E-state index in [-0.39, 0.29) is 22.7 Å². The van der Waals surface area contributed by atoms with Gasteiger partial charge >= 0.3 is 0 Å². The Morgan fingerprint density at radius 1 is 1.54 bits per heavy atom. The lowest BCUT2D eigenvalue weighted by Gasteiger charge is -1.98. The molecule has 0 bridgehead atoms. The van der Waals surface area contributed by atoms with E-state index in [0.29, 0.717) is 6.42 Å². The van der Waals surface area contributed by atoms with Gasteiger partial charge in [-0.15, -0.1) is 0 Å². The van der Waals surface area contributed by atoms with Gasteiger partial charge in [0, 0.05) is 5.92 Å². The largest absolute Gasteiger partial charge is 0.234 e. The van der Waals surface area contributed by atoms with Crippen LogP contribution in [0, 0.1) is 0 Å². The van der Waals surface area contributed by atoms with Gasteiger partial charge in [-0.05, 0) is 29.6 Å². The number of aromatic nitrogens is 2. The third-order valence-electron chi connectivity index (χ3n) is 2.00. The SMILES string of the molecule is O=S1(=O)CCC(c2nc(Cl)ns2)C1. The van der Waals surface area contributed by atoms with E-state index in [1.54, 1.807) is 0 Å². The molecule has 0 saturated carbocycles. The highest BCUT2D eigenvalue weighted by Gasteiger charge is 2.31. The summed E-state index contributed by atoms with van der Waals surface area (Å²) in [4.78, 5) is 3.97. The van der Waals surface area contributed by atoms with Crippen LogP contribution < -0.4 is 0 Å². The molecule has 2 heterocycles. The molecule has 72 valence electrons. The molecule has 7 heteroatoms. The summed E-state index contributed by atoms with van der Waals surface area (Å²) < 4.78 is 26.1. The molecule has 0 aromatic carbocycles. The van der Waals surface area contributed by atoms with Crippen molar-refractivity contribution in [3.63, 3.8) is 0 Å². The molecule has 0 N–H and O–H groups in total. The second-order valence-electron chi connectivity index (χ2n) is 3.00. The first kappa shape index (κ1) is 9.36. The van der Waals surface area contributed by atoms with Crippen LogP contribution in [0.5, 0.6) is 0 Å². The maximum absolute atomic E-state index is 11.1. The van der Waals surface area contributed by atoms with Crippen molar-refractivity contribution in [1.82, 2.24) is 9.36 Å². The first-order chi connectivity index (χ1) is 6.07. The number of halogens is 1. The van der Waals surface area contributed by atoms with Crippen LogP contribution in [0.4, 0.5) is 0 Å². The number of nitrogens with zero attached hydrogens (tertiary/aromatic N) is 2. The molecule has 0 amide bonds. The fourth-order valence-corrected chi connectivity index (χ4v) is 4.16. The number of rotatable bonds is 1. The zero-order chi connectivity index (χ0) is 9.47. The molecule has 1 aliphatic rings. The van der Waals surface area contributed by atoms with E-state index >= 15 is 0 Å². The minimum atomic E-state index is -2.84. The smallest absolute Gasteiger partial charge is 0.229 e. The van der Waals surface area contributed by atoms with Gasteiger partial charge < -0.3 is 0 Å². The molecule has 1 fully saturated rings. The van der Waals surface area contributed by atoms with Crippen LogP contribution in [0.15, 0.2) is 0 Å². The maximum Gasteiger partial charge on any atom is 0.234 e. The van der Waals surface area contributed by atoms with Crippen molar-refractivity contribution in [3.05, 3.63) is 10.3 Å². The fourth-order valence-electron chi connectivity index (χ4n) is 1.37. The molecule has 13 heavy (non-hydrogen) atoms. The molecular weight excluding hydrogens is 232 g/mol. The monoisotopic (exact) mass is 238 g/mol. The van der Waals surface area contributed by atoms with Crippen LogP contribution in [0.1, 0.15) is 17.3 Å². The van der Waals surface area contributed by atoms with E-state index in [2.05, 4.69) is 9.36 Å². The van der Waals surface area contributed by atoms with Crippen molar-refractivity contribution in [3.8, 4) is 0 Å². The van der Waals surface area contributed by atoms with Gasteiger partial charge in [0.05, 0.1) is 11.5 Å². The molecule has 0 spiro atoms. The van der Waals surface area contributed by atoms with Crippen molar-refractivity contribution in [2.45, 2.75) is 12.3 Å².